The second-order valence-corrected chi connectivity index (χ2v) is 6.74. The number of nitrogens with zero attached hydrogens (tertiary/aromatic N) is 2. The van der Waals surface area contributed by atoms with E-state index in [1.165, 1.54) is 0 Å². The third-order valence-electron chi connectivity index (χ3n) is 4.74. The summed E-state index contributed by atoms with van der Waals surface area (Å²) in [5, 5.41) is 6.77. The summed E-state index contributed by atoms with van der Waals surface area (Å²) in [5.74, 6) is 0.113. The van der Waals surface area contributed by atoms with Crippen molar-refractivity contribution in [2.24, 2.45) is 0 Å². The van der Waals surface area contributed by atoms with Crippen LogP contribution >= 0.6 is 0 Å². The molecule has 1 fully saturated rings. The standard InChI is InChI=1S/C20H25N3O4/c1-14-6-8-15(9-7-14)18-13-16(22-27-18)20(25)23-11-4-3-5-17(23)19(24)21-10-12-26-2/h6-9,13,17H,3-5,10-12H2,1-2H3,(H,21,24). The van der Waals surface area contributed by atoms with Crippen molar-refractivity contribution in [2.45, 2.75) is 32.2 Å². The van der Waals surface area contributed by atoms with Gasteiger partial charge in [0.1, 0.15) is 6.04 Å². The zero-order valence-electron chi connectivity index (χ0n) is 15.7. The number of ether oxygens (including phenoxy) is 1. The van der Waals surface area contributed by atoms with Crippen LogP contribution in [0.5, 0.6) is 0 Å². The number of hydrogen-bond donors (Lipinski definition) is 1. The van der Waals surface area contributed by atoms with E-state index in [-0.39, 0.29) is 17.5 Å². The molecule has 1 atom stereocenters. The molecule has 3 rings (SSSR count). The van der Waals surface area contributed by atoms with Crippen molar-refractivity contribution in [1.82, 2.24) is 15.4 Å². The van der Waals surface area contributed by atoms with Crippen LogP contribution in [0, 0.1) is 6.92 Å². The Balaban J connectivity index is 1.73. The molecule has 1 N–H and O–H groups in total. The normalized spacial score (nSPS) is 17.0. The van der Waals surface area contributed by atoms with Gasteiger partial charge in [-0.2, -0.15) is 0 Å². The Morgan fingerprint density at radius 2 is 2.07 bits per heavy atom. The Morgan fingerprint density at radius 3 is 2.81 bits per heavy atom. The van der Waals surface area contributed by atoms with Crippen LogP contribution in [-0.2, 0) is 9.53 Å². The Kier molecular flexibility index (Phi) is 6.24. The summed E-state index contributed by atoms with van der Waals surface area (Å²) in [6.07, 6.45) is 2.43. The highest BCUT2D eigenvalue weighted by molar-refractivity contribution is 5.96. The molecule has 0 aliphatic carbocycles. The number of carbonyl (C=O) groups is 2. The second-order valence-electron chi connectivity index (χ2n) is 6.74. The number of methoxy groups -OCH3 is 1. The van der Waals surface area contributed by atoms with Crippen molar-refractivity contribution in [2.75, 3.05) is 26.8 Å². The lowest BCUT2D eigenvalue weighted by Crippen LogP contribution is -2.52. The van der Waals surface area contributed by atoms with Crippen molar-refractivity contribution in [3.8, 4) is 11.3 Å². The number of aryl methyl sites for hydroxylation is 1. The molecule has 1 aromatic carbocycles. The molecule has 1 aliphatic rings. The van der Waals surface area contributed by atoms with Crippen LogP contribution in [0.2, 0.25) is 0 Å². The number of nitrogens with one attached hydrogen (secondary N) is 1. The van der Waals surface area contributed by atoms with Crippen molar-refractivity contribution in [1.29, 1.82) is 0 Å². The molecule has 1 aliphatic heterocycles. The van der Waals surface area contributed by atoms with Gasteiger partial charge < -0.3 is 19.5 Å². The van der Waals surface area contributed by atoms with E-state index in [2.05, 4.69) is 10.5 Å². The van der Waals surface area contributed by atoms with Gasteiger partial charge in [-0.25, -0.2) is 0 Å². The first kappa shape index (κ1) is 19.1. The first-order valence-electron chi connectivity index (χ1n) is 9.21. The average molecular weight is 371 g/mol. The lowest BCUT2D eigenvalue weighted by Gasteiger charge is -2.34. The molecular formula is C20H25N3O4. The van der Waals surface area contributed by atoms with Gasteiger partial charge in [0.15, 0.2) is 11.5 Å². The van der Waals surface area contributed by atoms with Crippen LogP contribution in [0.25, 0.3) is 11.3 Å². The minimum absolute atomic E-state index is 0.151. The summed E-state index contributed by atoms with van der Waals surface area (Å²) in [4.78, 5) is 27.0. The molecule has 27 heavy (non-hydrogen) atoms. The molecule has 2 heterocycles. The van der Waals surface area contributed by atoms with E-state index in [0.29, 0.717) is 31.9 Å². The third-order valence-corrected chi connectivity index (χ3v) is 4.74. The monoisotopic (exact) mass is 371 g/mol. The van der Waals surface area contributed by atoms with Crippen LogP contribution in [0.3, 0.4) is 0 Å². The minimum Gasteiger partial charge on any atom is -0.383 e. The van der Waals surface area contributed by atoms with Crippen molar-refractivity contribution in [3.05, 3.63) is 41.6 Å². The highest BCUT2D eigenvalue weighted by atomic mass is 16.5. The number of hydrogen-bond acceptors (Lipinski definition) is 5. The van der Waals surface area contributed by atoms with Crippen molar-refractivity contribution in [3.63, 3.8) is 0 Å². The maximum Gasteiger partial charge on any atom is 0.276 e. The molecule has 7 heteroatoms. The summed E-state index contributed by atoms with van der Waals surface area (Å²) < 4.78 is 10.3. The lowest BCUT2D eigenvalue weighted by atomic mass is 10.0. The summed E-state index contributed by atoms with van der Waals surface area (Å²) in [7, 11) is 1.58. The Bertz CT molecular complexity index is 785. The van der Waals surface area contributed by atoms with Gasteiger partial charge in [-0.05, 0) is 26.2 Å². The van der Waals surface area contributed by atoms with Gasteiger partial charge in [-0.1, -0.05) is 35.0 Å². The Hall–Kier alpha value is -2.67. The van der Waals surface area contributed by atoms with Gasteiger partial charge in [-0.3, -0.25) is 9.59 Å². The minimum atomic E-state index is -0.484. The predicted octanol–water partition coefficient (Wildman–Crippen LogP) is 2.41. The Morgan fingerprint density at radius 1 is 1.30 bits per heavy atom. The largest absolute Gasteiger partial charge is 0.383 e. The zero-order valence-corrected chi connectivity index (χ0v) is 15.7. The van der Waals surface area contributed by atoms with E-state index in [4.69, 9.17) is 9.26 Å². The number of rotatable bonds is 6. The van der Waals surface area contributed by atoms with Gasteiger partial charge in [0.2, 0.25) is 5.91 Å². The molecule has 0 radical (unpaired) electrons. The lowest BCUT2D eigenvalue weighted by molar-refractivity contribution is -0.126. The van der Waals surface area contributed by atoms with Gasteiger partial charge in [0.25, 0.3) is 5.91 Å². The first-order valence-corrected chi connectivity index (χ1v) is 9.21. The van der Waals surface area contributed by atoms with Gasteiger partial charge in [0.05, 0.1) is 6.61 Å². The molecule has 2 aromatic rings. The number of aromatic nitrogens is 1. The van der Waals surface area contributed by atoms with E-state index in [9.17, 15) is 9.59 Å². The van der Waals surface area contributed by atoms with Crippen LogP contribution in [0.15, 0.2) is 34.9 Å². The first-order chi connectivity index (χ1) is 13.1. The summed E-state index contributed by atoms with van der Waals surface area (Å²) in [5.41, 5.74) is 2.23. The molecule has 0 spiro atoms. The molecule has 144 valence electrons. The van der Waals surface area contributed by atoms with E-state index in [1.54, 1.807) is 18.1 Å². The van der Waals surface area contributed by atoms with Crippen LogP contribution in [-0.4, -0.2) is 54.7 Å². The number of likely N-dealkylation sites (tertiary alicyclic amines) is 1. The van der Waals surface area contributed by atoms with E-state index in [1.807, 2.05) is 31.2 Å². The fraction of sp³-hybridized carbons (Fsp3) is 0.450. The van der Waals surface area contributed by atoms with E-state index >= 15 is 0 Å². The van der Waals surface area contributed by atoms with E-state index in [0.717, 1.165) is 24.0 Å². The number of piperidine rings is 1. The summed E-state index contributed by atoms with van der Waals surface area (Å²) in [6, 6.07) is 8.97. The fourth-order valence-corrected chi connectivity index (χ4v) is 3.22. The van der Waals surface area contributed by atoms with Crippen molar-refractivity contribution >= 4 is 11.8 Å². The second kappa shape index (κ2) is 8.81. The van der Waals surface area contributed by atoms with Gasteiger partial charge >= 0.3 is 0 Å². The predicted molar refractivity (Wildman–Crippen MR) is 100 cm³/mol. The van der Waals surface area contributed by atoms with Crippen LogP contribution in [0.4, 0.5) is 0 Å². The molecule has 0 bridgehead atoms. The van der Waals surface area contributed by atoms with Crippen LogP contribution in [0.1, 0.15) is 35.3 Å². The van der Waals surface area contributed by atoms with Gasteiger partial charge in [-0.15, -0.1) is 0 Å². The highest BCUT2D eigenvalue weighted by Gasteiger charge is 2.33. The average Bonchev–Trinajstić information content (AvgIpc) is 3.18. The maximum absolute atomic E-state index is 12.9. The third kappa shape index (κ3) is 4.54. The molecule has 1 unspecified atom stereocenters. The summed E-state index contributed by atoms with van der Waals surface area (Å²) in [6.45, 7) is 3.41. The quantitative estimate of drug-likeness (QED) is 0.788. The molecular weight excluding hydrogens is 346 g/mol. The van der Waals surface area contributed by atoms with E-state index < -0.39 is 6.04 Å². The number of benzene rings is 1. The molecule has 2 amide bonds. The molecule has 7 nitrogen and oxygen atoms in total. The topological polar surface area (TPSA) is 84.7 Å². The Labute approximate surface area is 158 Å². The SMILES string of the molecule is COCCNC(=O)C1CCCCN1C(=O)c1cc(-c2ccc(C)cc2)on1. The highest BCUT2D eigenvalue weighted by Crippen LogP contribution is 2.24. The fourth-order valence-electron chi connectivity index (χ4n) is 3.22. The molecule has 1 aromatic heterocycles. The number of amides is 2. The summed E-state index contributed by atoms with van der Waals surface area (Å²) >= 11 is 0. The zero-order chi connectivity index (χ0) is 19.2. The maximum atomic E-state index is 12.9. The number of carbonyl (C=O) groups excluding carboxylic acids is 2. The van der Waals surface area contributed by atoms with Crippen molar-refractivity contribution < 1.29 is 18.8 Å². The molecule has 1 saturated heterocycles. The smallest absolute Gasteiger partial charge is 0.276 e. The van der Waals surface area contributed by atoms with Gasteiger partial charge in [0, 0.05) is 31.8 Å². The molecule has 0 saturated carbocycles. The van der Waals surface area contributed by atoms with Crippen LogP contribution < -0.4 is 5.32 Å².